The number of carbonyl (C=O) groups excluding carboxylic acids is 1. The maximum Gasteiger partial charge on any atom is 0.243 e. The van der Waals surface area contributed by atoms with Crippen molar-refractivity contribution in [1.82, 2.24) is 14.9 Å². The van der Waals surface area contributed by atoms with E-state index in [0.717, 1.165) is 6.42 Å². The Labute approximate surface area is 119 Å². The third kappa shape index (κ3) is 3.47. The monoisotopic (exact) mass is 271 g/mol. The lowest BCUT2D eigenvalue weighted by Gasteiger charge is -2.19. The van der Waals surface area contributed by atoms with Gasteiger partial charge in [-0.15, -0.1) is 0 Å². The number of hydrogen-bond acceptors (Lipinski definition) is 2. The average Bonchev–Trinajstić information content (AvgIpc) is 2.94. The zero-order valence-electron chi connectivity index (χ0n) is 12.2. The highest BCUT2D eigenvalue weighted by Crippen LogP contribution is 2.11. The number of benzene rings is 1. The first kappa shape index (κ1) is 14.3. The number of aryl methyl sites for hydroxylation is 1. The van der Waals surface area contributed by atoms with Crippen LogP contribution in [0.2, 0.25) is 0 Å². The van der Waals surface area contributed by atoms with Gasteiger partial charge in [-0.25, -0.2) is 4.98 Å². The van der Waals surface area contributed by atoms with Crippen molar-refractivity contribution in [3.05, 3.63) is 54.1 Å². The van der Waals surface area contributed by atoms with E-state index in [2.05, 4.69) is 29.4 Å². The summed E-state index contributed by atoms with van der Waals surface area (Å²) < 4.78 is 1.80. The van der Waals surface area contributed by atoms with E-state index in [1.807, 2.05) is 26.0 Å². The molecule has 2 atom stereocenters. The van der Waals surface area contributed by atoms with Crippen molar-refractivity contribution >= 4 is 5.91 Å². The summed E-state index contributed by atoms with van der Waals surface area (Å²) in [6.45, 7) is 6.00. The molecule has 2 rings (SSSR count). The molecule has 1 N–H and O–H groups in total. The Hall–Kier alpha value is -2.10. The molecule has 1 heterocycles. The summed E-state index contributed by atoms with van der Waals surface area (Å²) >= 11 is 0. The fourth-order valence-corrected chi connectivity index (χ4v) is 2.22. The number of rotatable bonds is 5. The van der Waals surface area contributed by atoms with Crippen LogP contribution in [0, 0.1) is 6.92 Å². The zero-order valence-corrected chi connectivity index (χ0v) is 12.2. The van der Waals surface area contributed by atoms with Crippen LogP contribution in [0.15, 0.2) is 43.0 Å². The van der Waals surface area contributed by atoms with Gasteiger partial charge in [-0.05, 0) is 38.3 Å². The lowest BCUT2D eigenvalue weighted by atomic mass is 10.0. The van der Waals surface area contributed by atoms with Gasteiger partial charge >= 0.3 is 0 Å². The molecule has 0 bridgehead atoms. The minimum Gasteiger partial charge on any atom is -0.352 e. The van der Waals surface area contributed by atoms with Crippen molar-refractivity contribution in [3.8, 4) is 0 Å². The number of aromatic nitrogens is 2. The second-order valence-electron chi connectivity index (χ2n) is 5.23. The summed E-state index contributed by atoms with van der Waals surface area (Å²) in [5.41, 5.74) is 2.53. The lowest BCUT2D eigenvalue weighted by molar-refractivity contribution is -0.124. The minimum absolute atomic E-state index is 0.0177. The molecule has 0 radical (unpaired) electrons. The topological polar surface area (TPSA) is 46.9 Å². The molecule has 4 heteroatoms. The Morgan fingerprint density at radius 3 is 2.75 bits per heavy atom. The fraction of sp³-hybridized carbons (Fsp3) is 0.375. The molecule has 0 unspecified atom stereocenters. The molecular formula is C16H21N3O. The van der Waals surface area contributed by atoms with Crippen LogP contribution in [0.1, 0.15) is 31.0 Å². The normalized spacial score (nSPS) is 13.8. The second kappa shape index (κ2) is 6.37. The van der Waals surface area contributed by atoms with Gasteiger partial charge in [0.25, 0.3) is 0 Å². The Morgan fingerprint density at radius 2 is 2.10 bits per heavy atom. The van der Waals surface area contributed by atoms with Crippen LogP contribution >= 0.6 is 0 Å². The molecule has 0 fully saturated rings. The smallest absolute Gasteiger partial charge is 0.243 e. The van der Waals surface area contributed by atoms with Crippen molar-refractivity contribution in [3.63, 3.8) is 0 Å². The van der Waals surface area contributed by atoms with Crippen LogP contribution in [0.4, 0.5) is 0 Å². The summed E-state index contributed by atoms with van der Waals surface area (Å²) in [5.74, 6) is 0.0177. The molecule has 0 aliphatic rings. The van der Waals surface area contributed by atoms with Crippen molar-refractivity contribution in [2.75, 3.05) is 0 Å². The van der Waals surface area contributed by atoms with Gasteiger partial charge in [0, 0.05) is 18.4 Å². The van der Waals surface area contributed by atoms with E-state index in [1.165, 1.54) is 11.1 Å². The standard InChI is InChI=1S/C16H21N3O/c1-12-6-4-5-7-15(12)10-13(2)18-16(20)14(3)19-9-8-17-11-19/h4-9,11,13-14H,10H2,1-3H3,(H,18,20)/t13-,14+/m1/s1. The van der Waals surface area contributed by atoms with Gasteiger partial charge in [0.15, 0.2) is 0 Å². The quantitative estimate of drug-likeness (QED) is 0.908. The van der Waals surface area contributed by atoms with Crippen molar-refractivity contribution in [2.45, 2.75) is 39.3 Å². The molecule has 106 valence electrons. The number of nitrogens with zero attached hydrogens (tertiary/aromatic N) is 2. The maximum absolute atomic E-state index is 12.2. The average molecular weight is 271 g/mol. The highest BCUT2D eigenvalue weighted by atomic mass is 16.2. The van der Waals surface area contributed by atoms with E-state index in [1.54, 1.807) is 23.3 Å². The highest BCUT2D eigenvalue weighted by molar-refractivity contribution is 5.80. The first-order valence-corrected chi connectivity index (χ1v) is 6.90. The molecule has 1 amide bonds. The van der Waals surface area contributed by atoms with E-state index in [9.17, 15) is 4.79 Å². The molecule has 1 aromatic heterocycles. The van der Waals surface area contributed by atoms with Gasteiger partial charge < -0.3 is 9.88 Å². The Kier molecular flexibility index (Phi) is 4.56. The molecule has 0 aliphatic carbocycles. The number of amides is 1. The van der Waals surface area contributed by atoms with Gasteiger partial charge in [-0.3, -0.25) is 4.79 Å². The highest BCUT2D eigenvalue weighted by Gasteiger charge is 2.16. The van der Waals surface area contributed by atoms with Gasteiger partial charge in [-0.1, -0.05) is 24.3 Å². The number of hydrogen-bond donors (Lipinski definition) is 1. The van der Waals surface area contributed by atoms with Gasteiger partial charge in [-0.2, -0.15) is 0 Å². The van der Waals surface area contributed by atoms with E-state index < -0.39 is 0 Å². The Morgan fingerprint density at radius 1 is 1.35 bits per heavy atom. The van der Waals surface area contributed by atoms with Crippen LogP contribution < -0.4 is 5.32 Å². The number of imidazole rings is 1. The molecule has 1 aromatic carbocycles. The summed E-state index contributed by atoms with van der Waals surface area (Å²) in [6, 6.07) is 8.13. The fourth-order valence-electron chi connectivity index (χ4n) is 2.22. The van der Waals surface area contributed by atoms with E-state index in [4.69, 9.17) is 0 Å². The van der Waals surface area contributed by atoms with E-state index in [-0.39, 0.29) is 18.0 Å². The minimum atomic E-state index is -0.239. The predicted molar refractivity (Wildman–Crippen MR) is 79.4 cm³/mol. The molecular weight excluding hydrogens is 250 g/mol. The maximum atomic E-state index is 12.2. The van der Waals surface area contributed by atoms with Crippen LogP contribution in [0.3, 0.4) is 0 Å². The molecule has 0 saturated carbocycles. The summed E-state index contributed by atoms with van der Waals surface area (Å²) in [4.78, 5) is 16.1. The van der Waals surface area contributed by atoms with Crippen LogP contribution in [-0.4, -0.2) is 21.5 Å². The molecule has 2 aromatic rings. The molecule has 0 saturated heterocycles. The van der Waals surface area contributed by atoms with Gasteiger partial charge in [0.05, 0.1) is 6.33 Å². The largest absolute Gasteiger partial charge is 0.352 e. The summed E-state index contributed by atoms with van der Waals surface area (Å²) in [6.07, 6.45) is 5.99. The predicted octanol–water partition coefficient (Wildman–Crippen LogP) is 2.50. The van der Waals surface area contributed by atoms with Gasteiger partial charge in [0.1, 0.15) is 6.04 Å². The van der Waals surface area contributed by atoms with Gasteiger partial charge in [0.2, 0.25) is 5.91 Å². The van der Waals surface area contributed by atoms with Crippen LogP contribution in [0.25, 0.3) is 0 Å². The molecule has 4 nitrogen and oxygen atoms in total. The SMILES string of the molecule is Cc1ccccc1C[C@@H](C)NC(=O)[C@H](C)n1ccnc1. The number of nitrogens with one attached hydrogen (secondary N) is 1. The second-order valence-corrected chi connectivity index (χ2v) is 5.23. The first-order chi connectivity index (χ1) is 9.58. The van der Waals surface area contributed by atoms with E-state index >= 15 is 0 Å². The Balaban J connectivity index is 1.93. The molecule has 0 spiro atoms. The van der Waals surface area contributed by atoms with Crippen LogP contribution in [0.5, 0.6) is 0 Å². The summed E-state index contributed by atoms with van der Waals surface area (Å²) in [5, 5.41) is 3.06. The lowest BCUT2D eigenvalue weighted by Crippen LogP contribution is -2.38. The third-order valence-electron chi connectivity index (χ3n) is 3.53. The third-order valence-corrected chi connectivity index (χ3v) is 3.53. The summed E-state index contributed by atoms with van der Waals surface area (Å²) in [7, 11) is 0. The zero-order chi connectivity index (χ0) is 14.5. The molecule has 0 aliphatic heterocycles. The number of carbonyl (C=O) groups is 1. The Bertz CT molecular complexity index is 563. The first-order valence-electron chi connectivity index (χ1n) is 6.90. The van der Waals surface area contributed by atoms with E-state index in [0.29, 0.717) is 0 Å². The molecule has 20 heavy (non-hydrogen) atoms. The van der Waals surface area contributed by atoms with Crippen LogP contribution in [-0.2, 0) is 11.2 Å². The van der Waals surface area contributed by atoms with Crippen molar-refractivity contribution < 1.29 is 4.79 Å². The van der Waals surface area contributed by atoms with Crippen molar-refractivity contribution in [2.24, 2.45) is 0 Å². The van der Waals surface area contributed by atoms with Crippen molar-refractivity contribution in [1.29, 1.82) is 0 Å².